The normalized spacial score (nSPS) is 27.5. The van der Waals surface area contributed by atoms with E-state index in [1.54, 1.807) is 0 Å². The average molecular weight is 302 g/mol. The molecule has 2 aliphatic heterocycles. The third-order valence-corrected chi connectivity index (χ3v) is 5.80. The van der Waals surface area contributed by atoms with Gasteiger partial charge in [-0.05, 0) is 31.4 Å². The van der Waals surface area contributed by atoms with Gasteiger partial charge in [0, 0.05) is 31.2 Å². The van der Waals surface area contributed by atoms with Crippen molar-refractivity contribution in [3.63, 3.8) is 0 Å². The Labute approximate surface area is 116 Å². The molecule has 0 aromatic heterocycles. The van der Waals surface area contributed by atoms with Gasteiger partial charge >= 0.3 is 0 Å². The molecule has 3 rings (SSSR count). The van der Waals surface area contributed by atoms with Gasteiger partial charge in [0.1, 0.15) is 11.6 Å². The molecule has 20 heavy (non-hydrogen) atoms. The third-order valence-electron chi connectivity index (χ3n) is 3.96. The Kier molecular flexibility index (Phi) is 3.51. The van der Waals surface area contributed by atoms with Gasteiger partial charge in [0.2, 0.25) is 10.0 Å². The molecule has 2 aliphatic rings. The molecule has 0 spiro atoms. The van der Waals surface area contributed by atoms with Crippen LogP contribution >= 0.6 is 0 Å². The van der Waals surface area contributed by atoms with Gasteiger partial charge in [-0.2, -0.15) is 4.31 Å². The highest BCUT2D eigenvalue weighted by Gasteiger charge is 2.35. The monoisotopic (exact) mass is 302 g/mol. The highest BCUT2D eigenvalue weighted by Crippen LogP contribution is 2.25. The largest absolute Gasteiger partial charge is 0.310 e. The summed E-state index contributed by atoms with van der Waals surface area (Å²) in [6.45, 7) is 0.742. The Morgan fingerprint density at radius 2 is 1.70 bits per heavy atom. The van der Waals surface area contributed by atoms with Gasteiger partial charge < -0.3 is 5.32 Å². The first kappa shape index (κ1) is 13.9. The van der Waals surface area contributed by atoms with Crippen LogP contribution in [0.1, 0.15) is 19.3 Å². The lowest BCUT2D eigenvalue weighted by atomic mass is 10.1. The molecule has 2 atom stereocenters. The zero-order valence-corrected chi connectivity index (χ0v) is 11.7. The Morgan fingerprint density at radius 1 is 1.05 bits per heavy atom. The van der Waals surface area contributed by atoms with Crippen molar-refractivity contribution in [3.05, 3.63) is 29.8 Å². The maximum atomic E-state index is 13.2. The molecule has 0 radical (unpaired) electrons. The second-order valence-corrected chi connectivity index (χ2v) is 7.33. The van der Waals surface area contributed by atoms with Crippen LogP contribution in [-0.2, 0) is 10.0 Å². The SMILES string of the molecule is O=S(=O)(c1cc(F)cc(F)c1)N1CCC2CCC(C1)N2. The molecule has 2 saturated heterocycles. The molecule has 2 heterocycles. The molecule has 0 amide bonds. The van der Waals surface area contributed by atoms with Crippen molar-refractivity contribution < 1.29 is 17.2 Å². The van der Waals surface area contributed by atoms with Crippen LogP contribution in [0.3, 0.4) is 0 Å². The van der Waals surface area contributed by atoms with Crippen molar-refractivity contribution in [1.29, 1.82) is 0 Å². The number of hydrogen-bond acceptors (Lipinski definition) is 3. The minimum Gasteiger partial charge on any atom is -0.310 e. The van der Waals surface area contributed by atoms with Crippen molar-refractivity contribution >= 4 is 10.0 Å². The van der Waals surface area contributed by atoms with Gasteiger partial charge in [0.25, 0.3) is 0 Å². The van der Waals surface area contributed by atoms with Crippen molar-refractivity contribution in [3.8, 4) is 0 Å². The Balaban J connectivity index is 1.91. The van der Waals surface area contributed by atoms with Gasteiger partial charge in [-0.25, -0.2) is 17.2 Å². The van der Waals surface area contributed by atoms with Gasteiger partial charge in [0.15, 0.2) is 0 Å². The lowest BCUT2D eigenvalue weighted by Crippen LogP contribution is -2.39. The van der Waals surface area contributed by atoms with E-state index in [2.05, 4.69) is 5.32 Å². The molecular weight excluding hydrogens is 286 g/mol. The summed E-state index contributed by atoms with van der Waals surface area (Å²) in [6.07, 6.45) is 2.73. The van der Waals surface area contributed by atoms with Gasteiger partial charge in [-0.1, -0.05) is 0 Å². The molecule has 2 fully saturated rings. The summed E-state index contributed by atoms with van der Waals surface area (Å²) in [5, 5.41) is 3.37. The van der Waals surface area contributed by atoms with Crippen LogP contribution in [0.4, 0.5) is 8.78 Å². The second-order valence-electron chi connectivity index (χ2n) is 5.39. The fourth-order valence-corrected chi connectivity index (χ4v) is 4.50. The van der Waals surface area contributed by atoms with E-state index in [1.807, 2.05) is 0 Å². The number of rotatable bonds is 2. The Bertz CT molecular complexity index is 601. The van der Waals surface area contributed by atoms with Crippen molar-refractivity contribution in [1.82, 2.24) is 9.62 Å². The van der Waals surface area contributed by atoms with Gasteiger partial charge in [-0.3, -0.25) is 0 Å². The summed E-state index contributed by atoms with van der Waals surface area (Å²) >= 11 is 0. The van der Waals surface area contributed by atoms with Crippen molar-refractivity contribution in [2.24, 2.45) is 0 Å². The molecule has 4 nitrogen and oxygen atoms in total. The first-order chi connectivity index (χ1) is 9.45. The van der Waals surface area contributed by atoms with E-state index in [4.69, 9.17) is 0 Å². The minimum absolute atomic E-state index is 0.135. The number of sulfonamides is 1. The second kappa shape index (κ2) is 5.05. The number of nitrogens with zero attached hydrogens (tertiary/aromatic N) is 1. The van der Waals surface area contributed by atoms with Crippen LogP contribution in [-0.4, -0.2) is 37.9 Å². The predicted octanol–water partition coefficient (Wildman–Crippen LogP) is 1.48. The molecule has 110 valence electrons. The topological polar surface area (TPSA) is 49.4 Å². The van der Waals surface area contributed by atoms with E-state index in [0.717, 1.165) is 31.4 Å². The fourth-order valence-electron chi connectivity index (χ4n) is 2.96. The maximum Gasteiger partial charge on any atom is 0.243 e. The Hall–Kier alpha value is -1.05. The highest BCUT2D eigenvalue weighted by atomic mass is 32.2. The smallest absolute Gasteiger partial charge is 0.243 e. The van der Waals surface area contributed by atoms with Crippen LogP contribution < -0.4 is 5.32 Å². The highest BCUT2D eigenvalue weighted by molar-refractivity contribution is 7.89. The number of hydrogen-bond donors (Lipinski definition) is 1. The number of fused-ring (bicyclic) bond motifs is 2. The van der Waals surface area contributed by atoms with E-state index in [0.29, 0.717) is 25.2 Å². The Morgan fingerprint density at radius 3 is 2.40 bits per heavy atom. The summed E-state index contributed by atoms with van der Waals surface area (Å²) in [5.41, 5.74) is 0. The summed E-state index contributed by atoms with van der Waals surface area (Å²) < 4.78 is 52.7. The zero-order chi connectivity index (χ0) is 14.3. The van der Waals surface area contributed by atoms with E-state index >= 15 is 0 Å². The van der Waals surface area contributed by atoms with E-state index in [-0.39, 0.29) is 10.9 Å². The van der Waals surface area contributed by atoms with E-state index < -0.39 is 21.7 Å². The fraction of sp³-hybridized carbons (Fsp3) is 0.538. The summed E-state index contributed by atoms with van der Waals surface area (Å²) in [4.78, 5) is -0.312. The molecule has 1 aromatic rings. The van der Waals surface area contributed by atoms with Crippen molar-refractivity contribution in [2.45, 2.75) is 36.2 Å². The lowest BCUT2D eigenvalue weighted by molar-refractivity contribution is 0.383. The van der Waals surface area contributed by atoms with Crippen LogP contribution in [0.2, 0.25) is 0 Å². The van der Waals surface area contributed by atoms with Gasteiger partial charge in [-0.15, -0.1) is 0 Å². The maximum absolute atomic E-state index is 13.2. The van der Waals surface area contributed by atoms with Crippen LogP contribution in [0, 0.1) is 11.6 Å². The molecule has 0 aliphatic carbocycles. The molecular formula is C13H16F2N2O2S. The van der Waals surface area contributed by atoms with Crippen LogP contribution in [0.5, 0.6) is 0 Å². The summed E-state index contributed by atoms with van der Waals surface area (Å²) in [5.74, 6) is -1.75. The average Bonchev–Trinajstić information content (AvgIpc) is 2.67. The standard InChI is InChI=1S/C13H16F2N2O2S/c14-9-5-10(15)7-13(6-9)20(18,19)17-4-3-11-1-2-12(8-17)16-11/h5-7,11-12,16H,1-4,8H2. The number of benzene rings is 1. The first-order valence-electron chi connectivity index (χ1n) is 6.67. The van der Waals surface area contributed by atoms with Crippen LogP contribution in [0.15, 0.2) is 23.1 Å². The molecule has 1 aromatic carbocycles. The van der Waals surface area contributed by atoms with Gasteiger partial charge in [0.05, 0.1) is 4.90 Å². The molecule has 7 heteroatoms. The molecule has 2 unspecified atom stereocenters. The molecule has 0 saturated carbocycles. The predicted molar refractivity (Wildman–Crippen MR) is 69.7 cm³/mol. The van der Waals surface area contributed by atoms with Crippen LogP contribution in [0.25, 0.3) is 0 Å². The lowest BCUT2D eigenvalue weighted by Gasteiger charge is -2.23. The number of halogens is 2. The first-order valence-corrected chi connectivity index (χ1v) is 8.11. The van der Waals surface area contributed by atoms with E-state index in [1.165, 1.54) is 4.31 Å². The summed E-state index contributed by atoms with van der Waals surface area (Å²) in [7, 11) is -3.84. The van der Waals surface area contributed by atoms with Crippen molar-refractivity contribution in [2.75, 3.05) is 13.1 Å². The molecule has 1 N–H and O–H groups in total. The molecule has 2 bridgehead atoms. The van der Waals surface area contributed by atoms with E-state index in [9.17, 15) is 17.2 Å². The number of nitrogens with one attached hydrogen (secondary N) is 1. The zero-order valence-electron chi connectivity index (χ0n) is 10.9. The summed E-state index contributed by atoms with van der Waals surface area (Å²) in [6, 6.07) is 2.90. The minimum atomic E-state index is -3.84. The third kappa shape index (κ3) is 2.57. The quantitative estimate of drug-likeness (QED) is 0.900.